The monoisotopic (exact) mass is 383 g/mol. The molecule has 1 aliphatic heterocycles. The lowest BCUT2D eigenvalue weighted by molar-refractivity contribution is 0.102. The zero-order valence-electron chi connectivity index (χ0n) is 16.3. The highest BCUT2D eigenvalue weighted by molar-refractivity contribution is 7.99. The van der Waals surface area contributed by atoms with E-state index in [1.165, 1.54) is 17.1 Å². The molecule has 0 bridgehead atoms. The maximum Gasteiger partial charge on any atom is 0.255 e. The lowest BCUT2D eigenvalue weighted by atomic mass is 10.1. The fourth-order valence-corrected chi connectivity index (χ4v) is 4.28. The van der Waals surface area contributed by atoms with Crippen molar-refractivity contribution >= 4 is 29.0 Å². The maximum atomic E-state index is 12.6. The van der Waals surface area contributed by atoms with Crippen LogP contribution in [0.4, 0.5) is 11.4 Å². The van der Waals surface area contributed by atoms with Gasteiger partial charge in [-0.05, 0) is 48.4 Å². The summed E-state index contributed by atoms with van der Waals surface area (Å²) in [5.41, 5.74) is 3.92. The largest absolute Gasteiger partial charge is 0.375 e. The molecule has 0 aliphatic carbocycles. The quantitative estimate of drug-likeness (QED) is 0.772. The number of rotatable bonds is 7. The maximum absolute atomic E-state index is 12.6. The van der Waals surface area contributed by atoms with E-state index in [0.717, 1.165) is 44.0 Å². The second kappa shape index (κ2) is 9.81. The second-order valence-corrected chi connectivity index (χ2v) is 8.24. The Kier molecular flexibility index (Phi) is 7.18. The van der Waals surface area contributed by atoms with Gasteiger partial charge in [-0.25, -0.2) is 0 Å². The Bertz CT molecular complexity index is 741. The van der Waals surface area contributed by atoms with E-state index in [4.69, 9.17) is 0 Å². The van der Waals surface area contributed by atoms with E-state index >= 15 is 0 Å². The van der Waals surface area contributed by atoms with E-state index in [1.807, 2.05) is 48.2 Å². The number of carbonyl (C=O) groups excluding carboxylic acids is 1. The van der Waals surface area contributed by atoms with Gasteiger partial charge in [0.05, 0.1) is 0 Å². The van der Waals surface area contributed by atoms with Crippen LogP contribution in [-0.2, 0) is 6.54 Å². The lowest BCUT2D eigenvalue weighted by Gasteiger charge is -2.26. The molecule has 0 saturated carbocycles. The summed E-state index contributed by atoms with van der Waals surface area (Å²) in [5.74, 6) is 2.35. The van der Waals surface area contributed by atoms with Gasteiger partial charge in [-0.3, -0.25) is 9.69 Å². The Morgan fingerprint density at radius 2 is 1.89 bits per heavy atom. The molecule has 3 rings (SSSR count). The first-order valence-corrected chi connectivity index (χ1v) is 10.8. The van der Waals surface area contributed by atoms with E-state index in [-0.39, 0.29) is 5.91 Å². The third kappa shape index (κ3) is 5.75. The predicted octanol–water partition coefficient (Wildman–Crippen LogP) is 4.33. The highest BCUT2D eigenvalue weighted by atomic mass is 32.2. The molecule has 144 valence electrons. The molecule has 0 atom stereocenters. The van der Waals surface area contributed by atoms with Crippen LogP contribution in [0.25, 0.3) is 0 Å². The Morgan fingerprint density at radius 1 is 1.15 bits per heavy atom. The summed E-state index contributed by atoms with van der Waals surface area (Å²) in [5, 5.41) is 3.03. The van der Waals surface area contributed by atoms with Gasteiger partial charge in [0, 0.05) is 61.7 Å². The van der Waals surface area contributed by atoms with Gasteiger partial charge >= 0.3 is 0 Å². The van der Waals surface area contributed by atoms with Crippen molar-refractivity contribution in [1.82, 2.24) is 4.90 Å². The van der Waals surface area contributed by atoms with Crippen LogP contribution in [0, 0.1) is 0 Å². The Balaban J connectivity index is 1.61. The molecule has 1 N–H and O–H groups in total. The van der Waals surface area contributed by atoms with Crippen LogP contribution in [0.1, 0.15) is 29.3 Å². The molecule has 0 aromatic heterocycles. The number of carbonyl (C=O) groups is 1. The highest BCUT2D eigenvalue weighted by Crippen LogP contribution is 2.18. The van der Waals surface area contributed by atoms with Crippen molar-refractivity contribution in [3.8, 4) is 0 Å². The van der Waals surface area contributed by atoms with Crippen LogP contribution in [0.2, 0.25) is 0 Å². The van der Waals surface area contributed by atoms with Gasteiger partial charge in [-0.1, -0.05) is 19.1 Å². The Hall–Kier alpha value is -1.98. The Morgan fingerprint density at radius 3 is 2.59 bits per heavy atom. The number of thioether (sulfide) groups is 1. The Labute approximate surface area is 166 Å². The smallest absolute Gasteiger partial charge is 0.255 e. The summed E-state index contributed by atoms with van der Waals surface area (Å²) < 4.78 is 0. The van der Waals surface area contributed by atoms with Crippen molar-refractivity contribution in [2.75, 3.05) is 48.4 Å². The van der Waals surface area contributed by atoms with E-state index in [0.29, 0.717) is 5.56 Å². The van der Waals surface area contributed by atoms with Gasteiger partial charge in [-0.2, -0.15) is 11.8 Å². The minimum Gasteiger partial charge on any atom is -0.375 e. The summed E-state index contributed by atoms with van der Waals surface area (Å²) in [6, 6.07) is 16.0. The summed E-state index contributed by atoms with van der Waals surface area (Å²) in [7, 11) is 2.07. The van der Waals surface area contributed by atoms with Crippen molar-refractivity contribution in [1.29, 1.82) is 0 Å². The van der Waals surface area contributed by atoms with E-state index in [9.17, 15) is 4.79 Å². The van der Waals surface area contributed by atoms with Crippen LogP contribution in [0.15, 0.2) is 48.5 Å². The zero-order chi connectivity index (χ0) is 19.1. The van der Waals surface area contributed by atoms with E-state index in [2.05, 4.69) is 41.2 Å². The minimum absolute atomic E-state index is 0.0637. The molecule has 1 fully saturated rings. The topological polar surface area (TPSA) is 35.6 Å². The molecule has 1 saturated heterocycles. The molecule has 1 aliphatic rings. The molecule has 27 heavy (non-hydrogen) atoms. The number of hydrogen-bond donors (Lipinski definition) is 1. The van der Waals surface area contributed by atoms with E-state index in [1.54, 1.807) is 0 Å². The van der Waals surface area contributed by atoms with Crippen LogP contribution >= 0.6 is 11.8 Å². The number of nitrogens with zero attached hydrogens (tertiary/aromatic N) is 2. The number of anilines is 2. The van der Waals surface area contributed by atoms with E-state index < -0.39 is 0 Å². The number of amides is 1. The highest BCUT2D eigenvalue weighted by Gasteiger charge is 2.12. The summed E-state index contributed by atoms with van der Waals surface area (Å²) in [6.45, 7) is 6.40. The molecular formula is C22H29N3OS. The molecule has 0 radical (unpaired) electrons. The van der Waals surface area contributed by atoms with Crippen molar-refractivity contribution in [3.63, 3.8) is 0 Å². The summed E-state index contributed by atoms with van der Waals surface area (Å²) >= 11 is 2.02. The molecule has 4 nitrogen and oxygen atoms in total. The molecular weight excluding hydrogens is 354 g/mol. The standard InChI is InChI=1S/C22H29N3OS/c1-3-11-24(2)21-9-7-19(8-10-21)22(26)23-20-6-4-5-18(16-20)17-25-12-14-27-15-13-25/h4-10,16H,3,11-15,17H2,1-2H3,(H,23,26). The van der Waals surface area contributed by atoms with Crippen molar-refractivity contribution in [2.24, 2.45) is 0 Å². The molecule has 2 aromatic carbocycles. The van der Waals surface area contributed by atoms with Gasteiger partial charge in [-0.15, -0.1) is 0 Å². The second-order valence-electron chi connectivity index (χ2n) is 7.01. The average molecular weight is 384 g/mol. The first-order chi connectivity index (χ1) is 13.2. The fraction of sp³-hybridized carbons (Fsp3) is 0.409. The first-order valence-electron chi connectivity index (χ1n) is 9.67. The van der Waals surface area contributed by atoms with Gasteiger partial charge in [0.2, 0.25) is 0 Å². The molecule has 1 amide bonds. The third-order valence-electron chi connectivity index (χ3n) is 4.82. The third-order valence-corrected chi connectivity index (χ3v) is 5.77. The SMILES string of the molecule is CCCN(C)c1ccc(C(=O)Nc2cccc(CN3CCSCC3)c2)cc1. The normalized spacial score (nSPS) is 14.7. The summed E-state index contributed by atoms with van der Waals surface area (Å²) in [6.07, 6.45) is 1.10. The van der Waals surface area contributed by atoms with Crippen LogP contribution in [0.3, 0.4) is 0 Å². The minimum atomic E-state index is -0.0637. The van der Waals surface area contributed by atoms with Crippen molar-refractivity contribution < 1.29 is 4.79 Å². The number of hydrogen-bond acceptors (Lipinski definition) is 4. The van der Waals surface area contributed by atoms with Crippen molar-refractivity contribution in [2.45, 2.75) is 19.9 Å². The zero-order valence-corrected chi connectivity index (χ0v) is 17.1. The molecule has 0 unspecified atom stereocenters. The van der Waals surface area contributed by atoms with Gasteiger partial charge in [0.1, 0.15) is 0 Å². The van der Waals surface area contributed by atoms with Crippen LogP contribution < -0.4 is 10.2 Å². The predicted molar refractivity (Wildman–Crippen MR) is 117 cm³/mol. The number of nitrogens with one attached hydrogen (secondary N) is 1. The molecule has 0 spiro atoms. The lowest BCUT2D eigenvalue weighted by Crippen LogP contribution is -2.31. The molecule has 1 heterocycles. The molecule has 5 heteroatoms. The van der Waals surface area contributed by atoms with Gasteiger partial charge in [0.25, 0.3) is 5.91 Å². The van der Waals surface area contributed by atoms with Crippen molar-refractivity contribution in [3.05, 3.63) is 59.7 Å². The average Bonchev–Trinajstić information content (AvgIpc) is 2.69. The first kappa shape index (κ1) is 19.8. The summed E-state index contributed by atoms with van der Waals surface area (Å²) in [4.78, 5) is 17.3. The van der Waals surface area contributed by atoms with Crippen LogP contribution in [-0.4, -0.2) is 49.0 Å². The van der Waals surface area contributed by atoms with Gasteiger partial charge < -0.3 is 10.2 Å². The number of benzene rings is 2. The van der Waals surface area contributed by atoms with Gasteiger partial charge in [0.15, 0.2) is 0 Å². The fourth-order valence-electron chi connectivity index (χ4n) is 3.30. The molecule has 2 aromatic rings. The van der Waals surface area contributed by atoms with Crippen LogP contribution in [0.5, 0.6) is 0 Å².